The van der Waals surface area contributed by atoms with Crippen LogP contribution in [0.2, 0.25) is 0 Å². The number of aliphatic carboxylic acids is 1. The number of anilines is 5. The first-order valence-electron chi connectivity index (χ1n) is 36.2. The Morgan fingerprint density at radius 2 is 0.820 bits per heavy atom. The van der Waals surface area contributed by atoms with Crippen molar-refractivity contribution in [1.29, 1.82) is 0 Å². The Bertz CT molecular complexity index is 6880. The van der Waals surface area contributed by atoms with Gasteiger partial charge in [0.15, 0.2) is 51.0 Å². The molecule has 0 aliphatic heterocycles. The topological polar surface area (TPSA) is 545 Å². The number of aromatic amines is 1. The van der Waals surface area contributed by atoms with Crippen molar-refractivity contribution in [3.63, 3.8) is 0 Å². The highest BCUT2D eigenvalue weighted by Crippen LogP contribution is 2.27. The van der Waals surface area contributed by atoms with Gasteiger partial charge in [0.05, 0.1) is 111 Å². The number of hydrogen-bond acceptors (Lipinski definition) is 34. The van der Waals surface area contributed by atoms with Gasteiger partial charge in [0.25, 0.3) is 0 Å². The summed E-state index contributed by atoms with van der Waals surface area (Å²) in [5, 5.41) is 13.9. The monoisotopic (exact) mass is 1780 g/mol. The first-order valence-corrected chi connectivity index (χ1v) is 45.4. The Morgan fingerprint density at radius 1 is 0.434 bits per heavy atom. The molecule has 122 heavy (non-hydrogen) atoms. The van der Waals surface area contributed by atoms with E-state index in [9.17, 15) is 66.1 Å². The van der Waals surface area contributed by atoms with Crippen LogP contribution in [0.3, 0.4) is 0 Å². The summed E-state index contributed by atoms with van der Waals surface area (Å²) in [5.74, 6) is 0.466. The molecule has 4 N–H and O–H groups in total. The quantitative estimate of drug-likeness (QED) is 0.0664. The van der Waals surface area contributed by atoms with Crippen molar-refractivity contribution in [1.82, 2.24) is 98.4 Å². The van der Waals surface area contributed by atoms with Crippen LogP contribution < -0.4 is 25.3 Å². The van der Waals surface area contributed by atoms with Crippen molar-refractivity contribution in [2.24, 2.45) is 0 Å². The second-order valence-electron chi connectivity index (χ2n) is 30.5. The highest BCUT2D eigenvalue weighted by atomic mass is 32.2. The lowest BCUT2D eigenvalue weighted by Gasteiger charge is -2.27. The first-order chi connectivity index (χ1) is 56.5. The van der Waals surface area contributed by atoms with E-state index in [1.165, 1.54) is 76.8 Å². The summed E-state index contributed by atoms with van der Waals surface area (Å²) in [6, 6.07) is 9.78. The van der Waals surface area contributed by atoms with Gasteiger partial charge in [-0.3, -0.25) is 28.0 Å². The van der Waals surface area contributed by atoms with Gasteiger partial charge < -0.3 is 49.6 Å². The molecule has 0 aliphatic rings. The molecular weight excluding hydrogens is 1690 g/mol. The fourth-order valence-corrected chi connectivity index (χ4v) is 14.7. The van der Waals surface area contributed by atoms with Crippen molar-refractivity contribution in [2.45, 2.75) is 85.5 Å². The summed E-state index contributed by atoms with van der Waals surface area (Å²) < 4.78 is 141. The zero-order valence-electron chi connectivity index (χ0n) is 70.0. The van der Waals surface area contributed by atoms with E-state index in [0.29, 0.717) is 44.9 Å². The Labute approximate surface area is 700 Å². The predicted octanol–water partition coefficient (Wildman–Crippen LogP) is 4.75. The lowest BCUT2D eigenvalue weighted by molar-refractivity contribution is -0.154. The number of fused-ring (bicyclic) bond motifs is 10. The molecule has 0 bridgehead atoms. The van der Waals surface area contributed by atoms with Crippen molar-refractivity contribution >= 4 is 187 Å². The number of H-pyrrole nitrogens is 1. The third kappa shape index (κ3) is 23.7. The third-order valence-electron chi connectivity index (χ3n) is 16.0. The Morgan fingerprint density at radius 3 is 1.25 bits per heavy atom. The summed E-state index contributed by atoms with van der Waals surface area (Å²) in [4.78, 5) is 118. The van der Waals surface area contributed by atoms with Crippen LogP contribution in [0.25, 0.3) is 78.3 Å². The number of amides is 2. The second-order valence-corrected chi connectivity index (χ2v) is 39.8. The van der Waals surface area contributed by atoms with E-state index >= 15 is 0 Å². The van der Waals surface area contributed by atoms with E-state index in [1.54, 1.807) is 113 Å². The van der Waals surface area contributed by atoms with E-state index in [4.69, 9.17) is 19.3 Å². The maximum absolute atomic E-state index is 12.7. The number of hydrogen-bond donors (Lipinski definition) is 4. The lowest BCUT2D eigenvalue weighted by atomic mass is 10.2. The largest absolute Gasteiger partial charge is 0.480 e. The van der Waals surface area contributed by atoms with Crippen molar-refractivity contribution in [3.8, 4) is 0 Å². The number of nitrogens with zero attached hydrogens (tertiary/aromatic N) is 23. The van der Waals surface area contributed by atoms with Crippen LogP contribution in [0.5, 0.6) is 0 Å². The first kappa shape index (κ1) is 92.8. The average Bonchev–Trinajstić information content (AvgIpc) is 1.59. The number of carbonyl (C=O) groups excluding carboxylic acids is 4. The van der Waals surface area contributed by atoms with Crippen molar-refractivity contribution < 1.29 is 85.4 Å². The molecule has 14 rings (SSSR count). The molecule has 0 unspecified atom stereocenters. The molecule has 0 aromatic carbocycles. The number of esters is 2. The van der Waals surface area contributed by atoms with Gasteiger partial charge in [0.1, 0.15) is 75.2 Å². The van der Waals surface area contributed by atoms with Gasteiger partial charge in [-0.05, 0) is 98.7 Å². The van der Waals surface area contributed by atoms with Gasteiger partial charge in [0, 0.05) is 79.5 Å². The molecule has 2 amide bonds. The van der Waals surface area contributed by atoms with Crippen LogP contribution in [0.15, 0.2) is 123 Å². The number of aromatic nitrogens is 20. The summed E-state index contributed by atoms with van der Waals surface area (Å²) in [5.41, 5.74) is 5.21. The maximum Gasteiger partial charge on any atom is 0.416 e. The zero-order valence-corrected chi connectivity index (χ0v) is 74.1. The second kappa shape index (κ2) is 36.1. The number of likely N-dealkylation sites (N-methyl/N-ethyl adjacent to an activating group) is 1. The number of rotatable bonds is 18. The predicted molar refractivity (Wildman–Crippen MR) is 456 cm³/mol. The van der Waals surface area contributed by atoms with E-state index in [0.717, 1.165) is 80.5 Å². The van der Waals surface area contributed by atoms with Crippen LogP contribution in [0.4, 0.5) is 33.9 Å². The Hall–Kier alpha value is -13.1. The smallest absolute Gasteiger partial charge is 0.416 e. The fourth-order valence-electron chi connectivity index (χ4n) is 11.0. The highest BCUT2D eigenvalue weighted by Gasteiger charge is 2.30. The molecule has 0 aliphatic carbocycles. The number of imidazole rings is 2. The molecule has 0 spiro atoms. The minimum absolute atomic E-state index is 0.00966. The lowest BCUT2D eigenvalue weighted by Crippen LogP contribution is -2.42. The number of carboxylic acids is 1. The number of ether oxygens (including phenoxy) is 3. The normalized spacial score (nSPS) is 12.1. The molecular formula is C72H92N26O19S5. The summed E-state index contributed by atoms with van der Waals surface area (Å²) in [7, 11) is -6.05. The van der Waals surface area contributed by atoms with Crippen molar-refractivity contribution in [2.75, 3.05) is 119 Å². The molecule has 0 fully saturated rings. The average molecular weight is 1790 g/mol. The van der Waals surface area contributed by atoms with E-state index in [-0.39, 0.29) is 65.2 Å². The molecule has 50 heteroatoms. The molecule has 0 saturated carbocycles. The maximum atomic E-state index is 12.7. The standard InChI is InChI=1S/C18H26N4O6S.C13H17N3O4S.C11H15N5O3S.C11H13N5O2S.C10H11N5.C9H10N4O4S/c1-17(2,3)27-14(23)11-21(16(24)28-18(4,5)6)13-10-19-15-12(20-13)8-9-22(15)29(7,25)26;1-13(2,3)20-11(17)7-9-8-14-12-10(15-9)5-6-16(12)21(4,18)19;1-15(2)10(17)7-12-9-6-13-11-8(14-9)4-5-16(11)20(3,18)19;1-14(2)10-7-12-9-6-13-11-8(16(9)10)4-5-15(11)19(3,17)18;1-14(2)9-6-12-8-5-13-10-7(15(8)9)3-4-11-10;1-18(16,17)13-3-2-6-9(13)11-4-7(12-6)10-5-8(14)15/h8-10H,11H2,1-7H3;5-6,8H,7H2,1-4H3;4-6H,7H2,1-3H3,(H,12,14);4-7H,1-3H3;3-6,11H,1-2H3;2-4H,5H2,1H3,(H,10,12)(H,14,15). The highest BCUT2D eigenvalue weighted by molar-refractivity contribution is 7.90. The van der Waals surface area contributed by atoms with Gasteiger partial charge in [-0.1, -0.05) is 0 Å². The van der Waals surface area contributed by atoms with E-state index in [2.05, 4.69) is 79.8 Å². The summed E-state index contributed by atoms with van der Waals surface area (Å²) in [6.07, 6.45) is 25.6. The SMILES string of the molecule is CC(C)(C)OC(=O)CN(C(=O)OC(C)(C)C)c1cnc2c(ccn2S(C)(=O)=O)n1.CC(C)(C)OC(=O)Cc1cnc2c(ccn2S(C)(=O)=O)n1.CN(C)C(=O)CNc1cnc2c(ccn2S(C)(=O)=O)n1.CN(C)c1cnc2cnc3[nH]ccc3n12.CN(C)c1cnc2cnc3c(ccn3S(C)(=O)=O)n12.CS(=O)(=O)n1ccc2nc(NCC(=O)O)cnc21. The number of carboxylic acid groups (broad SMARTS) is 1. The van der Waals surface area contributed by atoms with Crippen LogP contribution in [-0.2, 0) is 89.9 Å². The van der Waals surface area contributed by atoms with Crippen LogP contribution in [0, 0.1) is 0 Å². The summed E-state index contributed by atoms with van der Waals surface area (Å²) >= 11 is 0. The molecule has 0 atom stereocenters. The van der Waals surface area contributed by atoms with E-state index in [1.807, 2.05) is 60.9 Å². The zero-order chi connectivity index (χ0) is 90.5. The molecule has 45 nitrogen and oxygen atoms in total. The van der Waals surface area contributed by atoms with Gasteiger partial charge in [-0.25, -0.2) is 131 Å². The number of carbonyl (C=O) groups is 5. The molecule has 654 valence electrons. The molecule has 0 radical (unpaired) electrons. The van der Waals surface area contributed by atoms with Crippen LogP contribution in [0.1, 0.15) is 68.0 Å². The van der Waals surface area contributed by atoms with Gasteiger partial charge in [0.2, 0.25) is 56.0 Å². The van der Waals surface area contributed by atoms with Gasteiger partial charge in [-0.2, -0.15) is 0 Å². The third-order valence-corrected chi connectivity index (χ3v) is 21.0. The Balaban J connectivity index is 0.000000168. The molecule has 0 saturated heterocycles. The van der Waals surface area contributed by atoms with Gasteiger partial charge in [-0.15, -0.1) is 0 Å². The minimum Gasteiger partial charge on any atom is -0.480 e. The van der Waals surface area contributed by atoms with Gasteiger partial charge >= 0.3 is 24.0 Å². The minimum atomic E-state index is -3.56. The van der Waals surface area contributed by atoms with E-state index < -0.39 is 97.5 Å². The Kier molecular flexibility index (Phi) is 27.4. The molecule has 14 heterocycles. The fraction of sp³-hybridized carbons (Fsp3) is 0.375. The molecule has 14 aromatic rings. The molecule has 14 aromatic heterocycles. The number of nitrogens with one attached hydrogen (secondary N) is 3. The van der Waals surface area contributed by atoms with Crippen LogP contribution >= 0.6 is 0 Å². The summed E-state index contributed by atoms with van der Waals surface area (Å²) in [6.45, 7) is 14.9. The van der Waals surface area contributed by atoms with Crippen molar-refractivity contribution in [3.05, 3.63) is 129 Å². The van der Waals surface area contributed by atoms with Crippen LogP contribution in [-0.4, -0.2) is 285 Å².